The van der Waals surface area contributed by atoms with Crippen LogP contribution in [0.5, 0.6) is 0 Å². The van der Waals surface area contributed by atoms with Crippen LogP contribution in [0.25, 0.3) is 0 Å². The minimum absolute atomic E-state index is 0.0801. The van der Waals surface area contributed by atoms with Gasteiger partial charge in [0.15, 0.2) is 0 Å². The fraction of sp³-hybridized carbons (Fsp3) is 0.875. The molecule has 13 heavy (non-hydrogen) atoms. The van der Waals surface area contributed by atoms with Gasteiger partial charge in [0.25, 0.3) is 0 Å². The second-order valence-corrected chi connectivity index (χ2v) is 2.73. The molecule has 0 heterocycles. The Morgan fingerprint density at radius 2 is 1.69 bits per heavy atom. The Hall–Kier alpha value is -0.810. The molecule has 0 aliphatic carbocycles. The second kappa shape index (κ2) is 6.68. The fourth-order valence-corrected chi connectivity index (χ4v) is 0.921. The number of hydrogen-bond donors (Lipinski definition) is 2. The van der Waals surface area contributed by atoms with Crippen LogP contribution in [0.15, 0.2) is 0 Å². The first kappa shape index (κ1) is 12.2. The third-order valence-corrected chi connectivity index (χ3v) is 1.81. The van der Waals surface area contributed by atoms with E-state index in [0.29, 0.717) is 6.54 Å². The molecular weight excluding hydrogens is 172 g/mol. The van der Waals surface area contributed by atoms with E-state index in [1.807, 2.05) is 6.92 Å². The van der Waals surface area contributed by atoms with Crippen LogP contribution < -0.4 is 0 Å². The van der Waals surface area contributed by atoms with E-state index in [0.717, 1.165) is 0 Å². The van der Waals surface area contributed by atoms with Crippen LogP contribution in [0.4, 0.5) is 4.79 Å². The summed E-state index contributed by atoms with van der Waals surface area (Å²) in [6.45, 7) is 2.86. The highest BCUT2D eigenvalue weighted by Crippen LogP contribution is 1.95. The molecule has 0 atom stereocenters. The van der Waals surface area contributed by atoms with Crippen molar-refractivity contribution in [2.24, 2.45) is 0 Å². The summed E-state index contributed by atoms with van der Waals surface area (Å²) in [6, 6.07) is -0.161. The van der Waals surface area contributed by atoms with E-state index in [2.05, 4.69) is 0 Å². The van der Waals surface area contributed by atoms with Gasteiger partial charge in [0.05, 0.1) is 13.2 Å². The third-order valence-electron chi connectivity index (χ3n) is 1.81. The van der Waals surface area contributed by atoms with E-state index in [1.165, 1.54) is 9.80 Å². The van der Waals surface area contributed by atoms with Crippen molar-refractivity contribution in [1.82, 2.24) is 9.80 Å². The summed E-state index contributed by atoms with van der Waals surface area (Å²) in [4.78, 5) is 14.4. The Kier molecular flexibility index (Phi) is 6.26. The van der Waals surface area contributed by atoms with E-state index in [1.54, 1.807) is 7.05 Å². The van der Waals surface area contributed by atoms with Crippen LogP contribution in [0.3, 0.4) is 0 Å². The first-order valence-corrected chi connectivity index (χ1v) is 4.39. The first-order chi connectivity index (χ1) is 6.17. The van der Waals surface area contributed by atoms with E-state index in [9.17, 15) is 4.79 Å². The Morgan fingerprint density at radius 1 is 1.23 bits per heavy atom. The lowest BCUT2D eigenvalue weighted by Crippen LogP contribution is -2.43. The zero-order valence-corrected chi connectivity index (χ0v) is 8.23. The van der Waals surface area contributed by atoms with Crippen molar-refractivity contribution in [3.63, 3.8) is 0 Å². The van der Waals surface area contributed by atoms with Crippen LogP contribution in [0, 0.1) is 0 Å². The van der Waals surface area contributed by atoms with Gasteiger partial charge in [-0.1, -0.05) is 0 Å². The summed E-state index contributed by atoms with van der Waals surface area (Å²) in [5, 5.41) is 17.3. The molecule has 78 valence electrons. The maximum atomic E-state index is 11.5. The molecule has 0 aromatic heterocycles. The number of carbonyl (C=O) groups is 1. The summed E-state index contributed by atoms with van der Waals surface area (Å²) in [5.74, 6) is 0. The van der Waals surface area contributed by atoms with Crippen LogP contribution >= 0.6 is 0 Å². The standard InChI is InChI=1S/C8H18N2O3/c1-3-9(2)8(13)10(4-6-11)5-7-12/h11-12H,3-7H2,1-2H3. The summed E-state index contributed by atoms with van der Waals surface area (Å²) in [6.07, 6.45) is 0. The predicted octanol–water partition coefficient (Wildman–Crippen LogP) is -0.655. The SMILES string of the molecule is CCN(C)C(=O)N(CCO)CCO. The van der Waals surface area contributed by atoms with E-state index in [-0.39, 0.29) is 32.3 Å². The van der Waals surface area contributed by atoms with E-state index >= 15 is 0 Å². The van der Waals surface area contributed by atoms with Crippen molar-refractivity contribution < 1.29 is 15.0 Å². The first-order valence-electron chi connectivity index (χ1n) is 4.39. The maximum absolute atomic E-state index is 11.5. The summed E-state index contributed by atoms with van der Waals surface area (Å²) < 4.78 is 0. The molecular formula is C8H18N2O3. The van der Waals surface area contributed by atoms with Gasteiger partial charge in [-0.2, -0.15) is 0 Å². The van der Waals surface area contributed by atoms with Gasteiger partial charge in [-0.25, -0.2) is 4.79 Å². The lowest BCUT2D eigenvalue weighted by atomic mass is 10.5. The normalized spacial score (nSPS) is 9.85. The van der Waals surface area contributed by atoms with E-state index < -0.39 is 0 Å². The van der Waals surface area contributed by atoms with Gasteiger partial charge in [0, 0.05) is 26.7 Å². The van der Waals surface area contributed by atoms with Crippen molar-refractivity contribution in [2.75, 3.05) is 39.9 Å². The second-order valence-electron chi connectivity index (χ2n) is 2.73. The minimum Gasteiger partial charge on any atom is -0.395 e. The minimum atomic E-state index is -0.161. The molecule has 5 nitrogen and oxygen atoms in total. The lowest BCUT2D eigenvalue weighted by molar-refractivity contribution is 0.135. The average molecular weight is 190 g/mol. The highest BCUT2D eigenvalue weighted by atomic mass is 16.3. The number of nitrogens with zero attached hydrogens (tertiary/aromatic N) is 2. The molecule has 0 aliphatic heterocycles. The van der Waals surface area contributed by atoms with Gasteiger partial charge in [0.1, 0.15) is 0 Å². The Bertz CT molecular complexity index is 146. The third kappa shape index (κ3) is 4.10. The molecule has 0 fully saturated rings. The number of aliphatic hydroxyl groups is 2. The maximum Gasteiger partial charge on any atom is 0.319 e. The number of urea groups is 1. The van der Waals surface area contributed by atoms with Crippen LogP contribution in [0.2, 0.25) is 0 Å². The summed E-state index contributed by atoms with van der Waals surface area (Å²) in [5.41, 5.74) is 0. The predicted molar refractivity (Wildman–Crippen MR) is 49.4 cm³/mol. The number of carbonyl (C=O) groups excluding carboxylic acids is 1. The van der Waals surface area contributed by atoms with Crippen molar-refractivity contribution in [3.05, 3.63) is 0 Å². The van der Waals surface area contributed by atoms with Crippen LogP contribution in [-0.4, -0.2) is 65.9 Å². The molecule has 0 spiro atoms. The molecule has 0 radical (unpaired) electrons. The topological polar surface area (TPSA) is 64.0 Å². The summed E-state index contributed by atoms with van der Waals surface area (Å²) >= 11 is 0. The Morgan fingerprint density at radius 3 is 2.00 bits per heavy atom. The van der Waals surface area contributed by atoms with Crippen molar-refractivity contribution in [2.45, 2.75) is 6.92 Å². The average Bonchev–Trinajstić information content (AvgIpc) is 2.15. The van der Waals surface area contributed by atoms with Crippen molar-refractivity contribution >= 4 is 6.03 Å². The van der Waals surface area contributed by atoms with E-state index in [4.69, 9.17) is 10.2 Å². The van der Waals surface area contributed by atoms with Gasteiger partial charge in [-0.15, -0.1) is 0 Å². The number of aliphatic hydroxyl groups excluding tert-OH is 2. The van der Waals surface area contributed by atoms with Crippen molar-refractivity contribution in [3.8, 4) is 0 Å². The molecule has 0 aromatic carbocycles. The molecule has 0 saturated heterocycles. The van der Waals surface area contributed by atoms with Crippen molar-refractivity contribution in [1.29, 1.82) is 0 Å². The highest BCUT2D eigenvalue weighted by molar-refractivity contribution is 5.74. The molecule has 0 unspecified atom stereocenters. The Balaban J connectivity index is 4.09. The molecule has 0 rings (SSSR count). The lowest BCUT2D eigenvalue weighted by Gasteiger charge is -2.26. The highest BCUT2D eigenvalue weighted by Gasteiger charge is 2.14. The monoisotopic (exact) mass is 190 g/mol. The largest absolute Gasteiger partial charge is 0.395 e. The summed E-state index contributed by atoms with van der Waals surface area (Å²) in [7, 11) is 1.68. The number of amides is 2. The van der Waals surface area contributed by atoms with Crippen LogP contribution in [0.1, 0.15) is 6.92 Å². The smallest absolute Gasteiger partial charge is 0.319 e. The van der Waals surface area contributed by atoms with Gasteiger partial charge in [-0.05, 0) is 6.92 Å². The van der Waals surface area contributed by atoms with Gasteiger partial charge >= 0.3 is 6.03 Å². The quantitative estimate of drug-likeness (QED) is 0.605. The molecule has 2 N–H and O–H groups in total. The molecule has 0 aromatic rings. The fourth-order valence-electron chi connectivity index (χ4n) is 0.921. The van der Waals surface area contributed by atoms with Gasteiger partial charge in [0.2, 0.25) is 0 Å². The molecule has 0 aliphatic rings. The molecule has 2 amide bonds. The molecule has 0 bridgehead atoms. The zero-order chi connectivity index (χ0) is 10.3. The molecule has 0 saturated carbocycles. The Labute approximate surface area is 78.6 Å². The van der Waals surface area contributed by atoms with Gasteiger partial charge < -0.3 is 20.0 Å². The van der Waals surface area contributed by atoms with Gasteiger partial charge in [-0.3, -0.25) is 0 Å². The number of rotatable bonds is 5. The molecule has 5 heteroatoms. The number of hydrogen-bond acceptors (Lipinski definition) is 3. The van der Waals surface area contributed by atoms with Crippen LogP contribution in [-0.2, 0) is 0 Å². The zero-order valence-electron chi connectivity index (χ0n) is 8.23.